The number of nitrogens with one attached hydrogen (secondary N) is 1. The molecule has 2 aromatic rings. The number of anilines is 1. The molecule has 1 aromatic heterocycles. The molecule has 1 aromatic carbocycles. The summed E-state index contributed by atoms with van der Waals surface area (Å²) in [6, 6.07) is 8.92. The summed E-state index contributed by atoms with van der Waals surface area (Å²) in [6.45, 7) is 4.07. The van der Waals surface area contributed by atoms with E-state index in [0.29, 0.717) is 0 Å². The largest absolute Gasteiger partial charge is 0.366 e. The third kappa shape index (κ3) is 3.09. The minimum absolute atomic E-state index is 0.187. The predicted molar refractivity (Wildman–Crippen MR) is 71.1 cm³/mol. The van der Waals surface area contributed by atoms with Gasteiger partial charge in [0.2, 0.25) is 0 Å². The third-order valence-corrected chi connectivity index (χ3v) is 2.94. The van der Waals surface area contributed by atoms with Gasteiger partial charge in [0.15, 0.2) is 0 Å². The topological polar surface area (TPSA) is 29.9 Å². The number of aromatic nitrogens is 2. The molecule has 0 amide bonds. The lowest BCUT2D eigenvalue weighted by Gasteiger charge is -2.13. The van der Waals surface area contributed by atoms with Crippen molar-refractivity contribution in [3.8, 4) is 0 Å². The summed E-state index contributed by atoms with van der Waals surface area (Å²) >= 11 is 0. The maximum atomic E-state index is 13.1. The van der Waals surface area contributed by atoms with E-state index in [9.17, 15) is 4.39 Å². The Bertz CT molecular complexity index is 514. The molecule has 96 valence electrons. The summed E-state index contributed by atoms with van der Waals surface area (Å²) < 4.78 is 14.9. The fourth-order valence-corrected chi connectivity index (χ4v) is 1.95. The molecule has 1 unspecified atom stereocenters. The molecule has 0 aliphatic heterocycles. The zero-order valence-corrected chi connectivity index (χ0v) is 10.9. The first-order chi connectivity index (χ1) is 8.54. The van der Waals surface area contributed by atoms with Crippen LogP contribution in [-0.4, -0.2) is 15.8 Å². The molecule has 1 heterocycles. The van der Waals surface area contributed by atoms with E-state index in [4.69, 9.17) is 0 Å². The smallest absolute Gasteiger partial charge is 0.148 e. The Morgan fingerprint density at radius 2 is 2.17 bits per heavy atom. The van der Waals surface area contributed by atoms with Crippen LogP contribution in [0.3, 0.4) is 0 Å². The highest BCUT2D eigenvalue weighted by Crippen LogP contribution is 2.12. The molecule has 0 bridgehead atoms. The van der Waals surface area contributed by atoms with Gasteiger partial charge < -0.3 is 5.32 Å². The number of hydrogen-bond acceptors (Lipinski definition) is 2. The van der Waals surface area contributed by atoms with Gasteiger partial charge in [-0.05, 0) is 38.0 Å². The van der Waals surface area contributed by atoms with E-state index in [1.807, 2.05) is 30.8 Å². The van der Waals surface area contributed by atoms with Gasteiger partial charge in [0.1, 0.15) is 11.6 Å². The molecule has 1 atom stereocenters. The van der Waals surface area contributed by atoms with Crippen molar-refractivity contribution in [3.05, 3.63) is 47.4 Å². The lowest BCUT2D eigenvalue weighted by atomic mass is 10.1. The van der Waals surface area contributed by atoms with E-state index < -0.39 is 0 Å². The first-order valence-corrected chi connectivity index (χ1v) is 6.06. The van der Waals surface area contributed by atoms with Crippen molar-refractivity contribution in [1.82, 2.24) is 9.78 Å². The molecule has 2 rings (SSSR count). The molecule has 0 saturated heterocycles. The Labute approximate surface area is 107 Å². The second kappa shape index (κ2) is 5.21. The first kappa shape index (κ1) is 12.6. The van der Waals surface area contributed by atoms with Gasteiger partial charge in [0.25, 0.3) is 0 Å². The van der Waals surface area contributed by atoms with E-state index in [2.05, 4.69) is 17.3 Å². The molecule has 4 heteroatoms. The fraction of sp³-hybridized carbons (Fsp3) is 0.357. The first-order valence-electron chi connectivity index (χ1n) is 6.06. The quantitative estimate of drug-likeness (QED) is 0.900. The molecule has 0 fully saturated rings. The number of hydrogen-bond donors (Lipinski definition) is 1. The van der Waals surface area contributed by atoms with Crippen LogP contribution in [-0.2, 0) is 13.5 Å². The van der Waals surface area contributed by atoms with Crippen LogP contribution in [0.25, 0.3) is 0 Å². The van der Waals surface area contributed by atoms with Crippen molar-refractivity contribution in [2.75, 3.05) is 5.32 Å². The van der Waals surface area contributed by atoms with Crippen molar-refractivity contribution in [1.29, 1.82) is 0 Å². The minimum Gasteiger partial charge on any atom is -0.366 e. The van der Waals surface area contributed by atoms with E-state index >= 15 is 0 Å². The summed E-state index contributed by atoms with van der Waals surface area (Å²) in [5.74, 6) is 0.673. The normalized spacial score (nSPS) is 12.4. The maximum absolute atomic E-state index is 13.1. The third-order valence-electron chi connectivity index (χ3n) is 2.94. The zero-order valence-electron chi connectivity index (χ0n) is 10.9. The van der Waals surface area contributed by atoms with Crippen LogP contribution in [0.2, 0.25) is 0 Å². The van der Waals surface area contributed by atoms with E-state index in [-0.39, 0.29) is 11.9 Å². The number of aryl methyl sites for hydroxylation is 2. The number of benzene rings is 1. The molecule has 1 N–H and O–H groups in total. The Morgan fingerprint density at radius 3 is 2.78 bits per heavy atom. The summed E-state index contributed by atoms with van der Waals surface area (Å²) in [5.41, 5.74) is 2.10. The maximum Gasteiger partial charge on any atom is 0.148 e. The summed E-state index contributed by atoms with van der Waals surface area (Å²) in [5, 5.41) is 7.66. The fourth-order valence-electron chi connectivity index (χ4n) is 1.95. The minimum atomic E-state index is -0.187. The SMILES string of the molecule is Cc1cc(NC(C)Cc2cccc(F)c2)nn1C. The highest BCUT2D eigenvalue weighted by Gasteiger charge is 2.07. The lowest BCUT2D eigenvalue weighted by molar-refractivity contribution is 0.624. The summed E-state index contributed by atoms with van der Waals surface area (Å²) in [6.07, 6.45) is 0.771. The predicted octanol–water partition coefficient (Wildman–Crippen LogP) is 2.91. The Kier molecular flexibility index (Phi) is 3.65. The molecule has 0 radical (unpaired) electrons. The van der Waals surface area contributed by atoms with Crippen molar-refractivity contribution >= 4 is 5.82 Å². The Balaban J connectivity index is 1.98. The van der Waals surface area contributed by atoms with Crippen LogP contribution in [0.5, 0.6) is 0 Å². The highest BCUT2D eigenvalue weighted by atomic mass is 19.1. The molecule has 3 nitrogen and oxygen atoms in total. The van der Waals surface area contributed by atoms with Gasteiger partial charge in [-0.3, -0.25) is 4.68 Å². The number of rotatable bonds is 4. The van der Waals surface area contributed by atoms with Crippen molar-refractivity contribution in [2.24, 2.45) is 7.05 Å². The van der Waals surface area contributed by atoms with Crippen molar-refractivity contribution < 1.29 is 4.39 Å². The van der Waals surface area contributed by atoms with Crippen LogP contribution >= 0.6 is 0 Å². The molecule has 18 heavy (non-hydrogen) atoms. The van der Waals surface area contributed by atoms with Gasteiger partial charge in [0, 0.05) is 24.8 Å². The average Bonchev–Trinajstić information content (AvgIpc) is 2.57. The van der Waals surface area contributed by atoms with Gasteiger partial charge in [-0.25, -0.2) is 4.39 Å². The molecule has 0 aliphatic rings. The van der Waals surface area contributed by atoms with Crippen LogP contribution in [0.15, 0.2) is 30.3 Å². The number of nitrogens with zero attached hydrogens (tertiary/aromatic N) is 2. The molecule has 0 spiro atoms. The second-order valence-electron chi connectivity index (χ2n) is 4.67. The highest BCUT2D eigenvalue weighted by molar-refractivity contribution is 5.37. The van der Waals surface area contributed by atoms with Crippen molar-refractivity contribution in [3.63, 3.8) is 0 Å². The van der Waals surface area contributed by atoms with E-state index in [0.717, 1.165) is 23.5 Å². The average molecular weight is 247 g/mol. The van der Waals surface area contributed by atoms with Gasteiger partial charge >= 0.3 is 0 Å². The second-order valence-corrected chi connectivity index (χ2v) is 4.67. The summed E-state index contributed by atoms with van der Waals surface area (Å²) in [4.78, 5) is 0. The van der Waals surface area contributed by atoms with Crippen LogP contribution < -0.4 is 5.32 Å². The summed E-state index contributed by atoms with van der Waals surface area (Å²) in [7, 11) is 1.91. The monoisotopic (exact) mass is 247 g/mol. The van der Waals surface area contributed by atoms with Gasteiger partial charge in [-0.1, -0.05) is 12.1 Å². The lowest BCUT2D eigenvalue weighted by Crippen LogP contribution is -2.18. The molecule has 0 aliphatic carbocycles. The number of halogens is 1. The van der Waals surface area contributed by atoms with Gasteiger partial charge in [0.05, 0.1) is 0 Å². The molecular weight excluding hydrogens is 229 g/mol. The van der Waals surface area contributed by atoms with E-state index in [1.54, 1.807) is 12.1 Å². The van der Waals surface area contributed by atoms with Crippen LogP contribution in [0.4, 0.5) is 10.2 Å². The van der Waals surface area contributed by atoms with Gasteiger partial charge in [-0.15, -0.1) is 0 Å². The van der Waals surface area contributed by atoms with Gasteiger partial charge in [-0.2, -0.15) is 5.10 Å². The zero-order chi connectivity index (χ0) is 13.1. The standard InChI is InChI=1S/C14H18FN3/c1-10(7-12-5-4-6-13(15)9-12)16-14-8-11(2)18(3)17-14/h4-6,8-10H,7H2,1-3H3,(H,16,17). The Morgan fingerprint density at radius 1 is 1.39 bits per heavy atom. The van der Waals surface area contributed by atoms with E-state index in [1.165, 1.54) is 6.07 Å². The van der Waals surface area contributed by atoms with Crippen molar-refractivity contribution in [2.45, 2.75) is 26.3 Å². The van der Waals surface area contributed by atoms with Crippen LogP contribution in [0.1, 0.15) is 18.2 Å². The molecule has 0 saturated carbocycles. The molecular formula is C14H18FN3. The Hall–Kier alpha value is -1.84. The van der Waals surface area contributed by atoms with Crippen LogP contribution in [0, 0.1) is 12.7 Å².